The lowest BCUT2D eigenvalue weighted by Gasteiger charge is -2.20. The molecule has 0 aliphatic rings. The quantitative estimate of drug-likeness (QED) is 0.847. The summed E-state index contributed by atoms with van der Waals surface area (Å²) < 4.78 is 5.61. The van der Waals surface area contributed by atoms with Crippen LogP contribution in [0, 0.1) is 0 Å². The predicted octanol–water partition coefficient (Wildman–Crippen LogP) is 3.32. The summed E-state index contributed by atoms with van der Waals surface area (Å²) in [5.41, 5.74) is 7.37. The minimum Gasteiger partial charge on any atom is -0.454 e. The summed E-state index contributed by atoms with van der Waals surface area (Å²) in [6, 6.07) is 18.7. The number of rotatable bonds is 5. The molecule has 2 aromatic carbocycles. The molecule has 2 unspecified atom stereocenters. The van der Waals surface area contributed by atoms with Crippen LogP contribution in [-0.4, -0.2) is 12.0 Å². The Balaban J connectivity index is 2.14. The zero-order valence-corrected chi connectivity index (χ0v) is 11.5. The van der Waals surface area contributed by atoms with Gasteiger partial charge in [0.15, 0.2) is 0 Å². The fourth-order valence-corrected chi connectivity index (χ4v) is 2.03. The van der Waals surface area contributed by atoms with E-state index in [0.29, 0.717) is 12.0 Å². The highest BCUT2D eigenvalue weighted by Crippen LogP contribution is 2.23. The van der Waals surface area contributed by atoms with Gasteiger partial charge in [0.05, 0.1) is 5.56 Å². The topological polar surface area (TPSA) is 52.3 Å². The first kappa shape index (κ1) is 14.3. The molecule has 0 saturated carbocycles. The van der Waals surface area contributed by atoms with Gasteiger partial charge in [0.25, 0.3) is 0 Å². The third-order valence-electron chi connectivity index (χ3n) is 3.02. The molecule has 20 heavy (non-hydrogen) atoms. The second-order valence-corrected chi connectivity index (χ2v) is 4.88. The number of hydrogen-bond donors (Lipinski definition) is 1. The lowest BCUT2D eigenvalue weighted by molar-refractivity contribution is 0.0265. The van der Waals surface area contributed by atoms with Gasteiger partial charge in [-0.3, -0.25) is 0 Å². The Morgan fingerprint density at radius 3 is 2.15 bits per heavy atom. The minimum atomic E-state index is -0.319. The molecule has 104 valence electrons. The van der Waals surface area contributed by atoms with Gasteiger partial charge in [-0.15, -0.1) is 0 Å². The Morgan fingerprint density at radius 1 is 1.05 bits per heavy atom. The van der Waals surface area contributed by atoms with Crippen molar-refractivity contribution < 1.29 is 9.53 Å². The van der Waals surface area contributed by atoms with Gasteiger partial charge in [-0.2, -0.15) is 0 Å². The van der Waals surface area contributed by atoms with Gasteiger partial charge in [-0.1, -0.05) is 48.5 Å². The van der Waals surface area contributed by atoms with Gasteiger partial charge in [0.1, 0.15) is 6.10 Å². The Morgan fingerprint density at radius 2 is 1.60 bits per heavy atom. The largest absolute Gasteiger partial charge is 0.454 e. The fourth-order valence-electron chi connectivity index (χ4n) is 2.03. The standard InChI is InChI=1S/C17H19NO2/c1-13(18)12-16(14-8-4-2-5-9-14)20-17(19)15-10-6-3-7-11-15/h2-11,13,16H,12,18H2,1H3. The number of ether oxygens (including phenoxy) is 1. The zero-order valence-electron chi connectivity index (χ0n) is 11.5. The van der Waals surface area contributed by atoms with Gasteiger partial charge in [0.2, 0.25) is 0 Å². The molecule has 0 heterocycles. The van der Waals surface area contributed by atoms with Crippen LogP contribution in [0.15, 0.2) is 60.7 Å². The van der Waals surface area contributed by atoms with Crippen molar-refractivity contribution in [1.82, 2.24) is 0 Å². The molecule has 2 atom stereocenters. The number of carbonyl (C=O) groups excluding carboxylic acids is 1. The molecule has 3 heteroatoms. The third-order valence-corrected chi connectivity index (χ3v) is 3.02. The van der Waals surface area contributed by atoms with E-state index in [1.54, 1.807) is 12.1 Å². The van der Waals surface area contributed by atoms with Gasteiger partial charge < -0.3 is 10.5 Å². The Bertz CT molecular complexity index is 537. The normalized spacial score (nSPS) is 13.5. The van der Waals surface area contributed by atoms with Crippen molar-refractivity contribution in [3.8, 4) is 0 Å². The van der Waals surface area contributed by atoms with Crippen LogP contribution in [0.1, 0.15) is 35.4 Å². The van der Waals surface area contributed by atoms with Crippen molar-refractivity contribution >= 4 is 5.97 Å². The molecule has 0 aliphatic carbocycles. The van der Waals surface area contributed by atoms with Gasteiger partial charge in [0, 0.05) is 12.5 Å². The van der Waals surface area contributed by atoms with E-state index in [9.17, 15) is 4.79 Å². The van der Waals surface area contributed by atoms with E-state index >= 15 is 0 Å². The van der Waals surface area contributed by atoms with E-state index in [0.717, 1.165) is 5.56 Å². The second-order valence-electron chi connectivity index (χ2n) is 4.88. The SMILES string of the molecule is CC(N)CC(OC(=O)c1ccccc1)c1ccccc1. The molecule has 0 fully saturated rings. The van der Waals surface area contributed by atoms with Crippen LogP contribution >= 0.6 is 0 Å². The summed E-state index contributed by atoms with van der Waals surface area (Å²) in [5.74, 6) is -0.319. The number of hydrogen-bond acceptors (Lipinski definition) is 3. The third kappa shape index (κ3) is 3.93. The van der Waals surface area contributed by atoms with Crippen molar-refractivity contribution in [2.75, 3.05) is 0 Å². The summed E-state index contributed by atoms with van der Waals surface area (Å²) in [5, 5.41) is 0. The van der Waals surface area contributed by atoms with Crippen LogP contribution in [0.4, 0.5) is 0 Å². The highest BCUT2D eigenvalue weighted by molar-refractivity contribution is 5.89. The van der Waals surface area contributed by atoms with Crippen molar-refractivity contribution in [2.24, 2.45) is 5.73 Å². The molecule has 2 aromatic rings. The van der Waals surface area contributed by atoms with Crippen LogP contribution < -0.4 is 5.73 Å². The average molecular weight is 269 g/mol. The molecular formula is C17H19NO2. The lowest BCUT2D eigenvalue weighted by Crippen LogP contribution is -2.22. The number of esters is 1. The van der Waals surface area contributed by atoms with Crippen LogP contribution in [0.5, 0.6) is 0 Å². The monoisotopic (exact) mass is 269 g/mol. The molecule has 2 N–H and O–H groups in total. The molecule has 0 bridgehead atoms. The maximum absolute atomic E-state index is 12.1. The number of benzene rings is 2. The Hall–Kier alpha value is -2.13. The molecular weight excluding hydrogens is 250 g/mol. The van der Waals surface area contributed by atoms with Crippen LogP contribution in [-0.2, 0) is 4.74 Å². The van der Waals surface area contributed by atoms with E-state index in [1.165, 1.54) is 0 Å². The first-order valence-corrected chi connectivity index (χ1v) is 6.73. The van der Waals surface area contributed by atoms with Gasteiger partial charge in [-0.25, -0.2) is 4.79 Å². The summed E-state index contributed by atoms with van der Waals surface area (Å²) in [4.78, 5) is 12.1. The minimum absolute atomic E-state index is 0.0382. The van der Waals surface area contributed by atoms with Crippen LogP contribution in [0.3, 0.4) is 0 Å². The summed E-state index contributed by atoms with van der Waals surface area (Å²) >= 11 is 0. The zero-order chi connectivity index (χ0) is 14.4. The maximum Gasteiger partial charge on any atom is 0.338 e. The molecule has 3 nitrogen and oxygen atoms in total. The van der Waals surface area contributed by atoms with E-state index in [1.807, 2.05) is 55.5 Å². The van der Waals surface area contributed by atoms with Crippen molar-refractivity contribution in [2.45, 2.75) is 25.5 Å². The molecule has 0 amide bonds. The van der Waals surface area contributed by atoms with Gasteiger partial charge in [-0.05, 0) is 24.6 Å². The predicted molar refractivity (Wildman–Crippen MR) is 79.3 cm³/mol. The van der Waals surface area contributed by atoms with Crippen molar-refractivity contribution in [3.63, 3.8) is 0 Å². The van der Waals surface area contributed by atoms with Crippen LogP contribution in [0.2, 0.25) is 0 Å². The van der Waals surface area contributed by atoms with Crippen molar-refractivity contribution in [1.29, 1.82) is 0 Å². The molecule has 0 aliphatic heterocycles. The first-order chi connectivity index (χ1) is 9.66. The van der Waals surface area contributed by atoms with E-state index in [4.69, 9.17) is 10.5 Å². The highest BCUT2D eigenvalue weighted by Gasteiger charge is 2.19. The first-order valence-electron chi connectivity index (χ1n) is 6.73. The summed E-state index contributed by atoms with van der Waals surface area (Å²) in [6.07, 6.45) is 0.284. The van der Waals surface area contributed by atoms with E-state index < -0.39 is 0 Å². The highest BCUT2D eigenvalue weighted by atomic mass is 16.5. The molecule has 0 spiro atoms. The fraction of sp³-hybridized carbons (Fsp3) is 0.235. The Labute approximate surface area is 119 Å². The van der Waals surface area contributed by atoms with Crippen molar-refractivity contribution in [3.05, 3.63) is 71.8 Å². The molecule has 0 saturated heterocycles. The molecule has 2 rings (SSSR count). The number of nitrogens with two attached hydrogens (primary N) is 1. The molecule has 0 aromatic heterocycles. The van der Waals surface area contributed by atoms with Crippen LogP contribution in [0.25, 0.3) is 0 Å². The maximum atomic E-state index is 12.1. The average Bonchev–Trinajstić information content (AvgIpc) is 2.48. The Kier molecular flexibility index (Phi) is 4.91. The van der Waals surface area contributed by atoms with Gasteiger partial charge >= 0.3 is 5.97 Å². The molecule has 0 radical (unpaired) electrons. The second kappa shape index (κ2) is 6.87. The van der Waals surface area contributed by atoms with E-state index in [-0.39, 0.29) is 18.1 Å². The smallest absolute Gasteiger partial charge is 0.338 e. The lowest BCUT2D eigenvalue weighted by atomic mass is 10.0. The van der Waals surface area contributed by atoms with E-state index in [2.05, 4.69) is 0 Å². The summed E-state index contributed by atoms with van der Waals surface area (Å²) in [6.45, 7) is 1.91. The summed E-state index contributed by atoms with van der Waals surface area (Å²) in [7, 11) is 0. The number of carbonyl (C=O) groups is 1.